The van der Waals surface area contributed by atoms with Gasteiger partial charge in [0.2, 0.25) is 0 Å². The number of nitrogens with zero attached hydrogens (tertiary/aromatic N) is 2. The van der Waals surface area contributed by atoms with E-state index in [1.807, 2.05) is 44.2 Å². The van der Waals surface area contributed by atoms with Crippen molar-refractivity contribution in [1.82, 2.24) is 15.3 Å². The van der Waals surface area contributed by atoms with Crippen LogP contribution in [0.25, 0.3) is 0 Å². The van der Waals surface area contributed by atoms with E-state index in [-0.39, 0.29) is 23.8 Å². The summed E-state index contributed by atoms with van der Waals surface area (Å²) in [4.78, 5) is 44.5. The van der Waals surface area contributed by atoms with Crippen molar-refractivity contribution in [2.75, 3.05) is 0 Å². The Morgan fingerprint density at radius 1 is 1.13 bits per heavy atom. The second-order valence-corrected chi connectivity index (χ2v) is 7.56. The molecule has 1 aromatic carbocycles. The molecule has 0 spiro atoms. The number of hydrogen-bond donors (Lipinski definition) is 2. The van der Waals surface area contributed by atoms with Crippen LogP contribution in [-0.2, 0) is 16.0 Å². The number of aromatic nitrogens is 2. The van der Waals surface area contributed by atoms with Gasteiger partial charge in [-0.2, -0.15) is 0 Å². The molecule has 0 saturated carbocycles. The molecule has 0 radical (unpaired) electrons. The van der Waals surface area contributed by atoms with Gasteiger partial charge in [0.05, 0.1) is 12.2 Å². The number of aliphatic carboxylic acids is 1. The quantitative estimate of drug-likeness (QED) is 0.552. The molecule has 0 aliphatic carbocycles. The third kappa shape index (κ3) is 7.95. The number of Topliss-reactive ketones (excluding diaryl/α,β-unsaturated/α-hetero) is 1. The topological polar surface area (TPSA) is 109 Å². The van der Waals surface area contributed by atoms with E-state index in [2.05, 4.69) is 15.3 Å². The Hall–Kier alpha value is -3.35. The lowest BCUT2D eigenvalue weighted by atomic mass is 9.88. The smallest absolute Gasteiger partial charge is 0.327 e. The molecule has 30 heavy (non-hydrogen) atoms. The van der Waals surface area contributed by atoms with Crippen molar-refractivity contribution in [3.05, 3.63) is 72.3 Å². The first-order valence-corrected chi connectivity index (χ1v) is 9.89. The fraction of sp³-hybridized carbons (Fsp3) is 0.348. The lowest BCUT2D eigenvalue weighted by molar-refractivity contribution is -0.131. The lowest BCUT2D eigenvalue weighted by Gasteiger charge is -2.21. The zero-order valence-corrected chi connectivity index (χ0v) is 17.2. The maximum atomic E-state index is 13.1. The van der Waals surface area contributed by atoms with Gasteiger partial charge in [0.15, 0.2) is 5.78 Å². The molecule has 7 nitrogen and oxygen atoms in total. The summed E-state index contributed by atoms with van der Waals surface area (Å²) in [6, 6.07) is 8.66. The molecule has 2 rings (SSSR count). The summed E-state index contributed by atoms with van der Waals surface area (Å²) in [5.41, 5.74) is 1.05. The van der Waals surface area contributed by atoms with E-state index in [0.29, 0.717) is 18.8 Å². The molecule has 0 aliphatic heterocycles. The average molecular weight is 409 g/mol. The highest BCUT2D eigenvalue weighted by Gasteiger charge is 2.25. The molecule has 158 valence electrons. The number of ketones is 1. The number of amides is 1. The van der Waals surface area contributed by atoms with Gasteiger partial charge in [0.1, 0.15) is 5.69 Å². The van der Waals surface area contributed by atoms with E-state index in [9.17, 15) is 14.4 Å². The highest BCUT2D eigenvalue weighted by atomic mass is 16.4. The third-order valence-corrected chi connectivity index (χ3v) is 4.52. The number of carboxylic acids is 1. The van der Waals surface area contributed by atoms with Crippen LogP contribution in [0.4, 0.5) is 0 Å². The predicted molar refractivity (Wildman–Crippen MR) is 113 cm³/mol. The fourth-order valence-corrected chi connectivity index (χ4v) is 3.20. The molecular formula is C23H27N3O4. The van der Waals surface area contributed by atoms with Crippen molar-refractivity contribution in [1.29, 1.82) is 0 Å². The van der Waals surface area contributed by atoms with E-state index in [0.717, 1.165) is 11.6 Å². The fourth-order valence-electron chi connectivity index (χ4n) is 3.20. The van der Waals surface area contributed by atoms with Crippen molar-refractivity contribution in [3.63, 3.8) is 0 Å². The van der Waals surface area contributed by atoms with Crippen molar-refractivity contribution in [2.24, 2.45) is 11.8 Å². The van der Waals surface area contributed by atoms with Gasteiger partial charge in [-0.1, -0.05) is 50.3 Å². The van der Waals surface area contributed by atoms with Gasteiger partial charge in [-0.15, -0.1) is 0 Å². The number of allylic oxidation sites excluding steroid dienone is 1. The Bertz CT molecular complexity index is 867. The number of rotatable bonds is 11. The Morgan fingerprint density at radius 3 is 2.47 bits per heavy atom. The Balaban J connectivity index is 2.19. The monoisotopic (exact) mass is 409 g/mol. The molecule has 2 aromatic rings. The normalized spacial score (nSPS) is 13.2. The third-order valence-electron chi connectivity index (χ3n) is 4.52. The Labute approximate surface area is 176 Å². The molecule has 1 aromatic heterocycles. The van der Waals surface area contributed by atoms with E-state index >= 15 is 0 Å². The molecule has 2 atom stereocenters. The summed E-state index contributed by atoms with van der Waals surface area (Å²) in [5, 5.41) is 11.7. The number of hydrogen-bond acceptors (Lipinski definition) is 5. The first kappa shape index (κ1) is 22.9. The van der Waals surface area contributed by atoms with Crippen LogP contribution in [0.3, 0.4) is 0 Å². The zero-order chi connectivity index (χ0) is 21.9. The SMILES string of the molecule is CC(C)CC(/C=C/C(=O)O)CC(=O)C(Cc1ccccc1)NC(=O)c1cnccn1. The van der Waals surface area contributed by atoms with Gasteiger partial charge in [-0.05, 0) is 30.2 Å². The van der Waals surface area contributed by atoms with Gasteiger partial charge in [0.25, 0.3) is 5.91 Å². The van der Waals surface area contributed by atoms with Crippen LogP contribution in [0.1, 0.15) is 42.7 Å². The van der Waals surface area contributed by atoms with Gasteiger partial charge in [-0.3, -0.25) is 14.6 Å². The van der Waals surface area contributed by atoms with Crippen LogP contribution in [0.15, 0.2) is 61.1 Å². The van der Waals surface area contributed by atoms with Crippen LogP contribution in [0.2, 0.25) is 0 Å². The second-order valence-electron chi connectivity index (χ2n) is 7.56. The highest BCUT2D eigenvalue weighted by molar-refractivity contribution is 5.96. The zero-order valence-electron chi connectivity index (χ0n) is 17.2. The van der Waals surface area contributed by atoms with Crippen LogP contribution < -0.4 is 5.32 Å². The van der Waals surface area contributed by atoms with Gasteiger partial charge in [0, 0.05) is 24.9 Å². The molecule has 1 heterocycles. The van der Waals surface area contributed by atoms with Crippen molar-refractivity contribution in [2.45, 2.75) is 39.2 Å². The first-order valence-electron chi connectivity index (χ1n) is 9.89. The van der Waals surface area contributed by atoms with Crippen molar-refractivity contribution < 1.29 is 19.5 Å². The van der Waals surface area contributed by atoms with E-state index in [4.69, 9.17) is 5.11 Å². The molecule has 2 unspecified atom stereocenters. The summed E-state index contributed by atoms with van der Waals surface area (Å²) >= 11 is 0. The minimum absolute atomic E-state index is 0.132. The highest BCUT2D eigenvalue weighted by Crippen LogP contribution is 2.19. The standard InChI is InChI=1S/C23H27N3O4/c1-16(2)12-18(8-9-22(28)29)14-21(27)19(13-17-6-4-3-5-7-17)26-23(30)20-15-24-10-11-25-20/h3-11,15-16,18-19H,12-14H2,1-2H3,(H,26,30)(H,28,29)/b9-8+. The Kier molecular flexibility index (Phi) is 8.87. The number of carbonyl (C=O) groups excluding carboxylic acids is 2. The largest absolute Gasteiger partial charge is 0.478 e. The van der Waals surface area contributed by atoms with Gasteiger partial charge in [-0.25, -0.2) is 9.78 Å². The van der Waals surface area contributed by atoms with Gasteiger partial charge < -0.3 is 10.4 Å². The predicted octanol–water partition coefficient (Wildman–Crippen LogP) is 3.08. The lowest BCUT2D eigenvalue weighted by Crippen LogP contribution is -2.43. The summed E-state index contributed by atoms with van der Waals surface area (Å²) < 4.78 is 0. The molecule has 2 N–H and O–H groups in total. The molecule has 0 saturated heterocycles. The number of nitrogens with one attached hydrogen (secondary N) is 1. The number of benzene rings is 1. The molecule has 7 heteroatoms. The molecule has 0 fully saturated rings. The first-order chi connectivity index (χ1) is 14.3. The summed E-state index contributed by atoms with van der Waals surface area (Å²) in [5.74, 6) is -1.60. The van der Waals surface area contributed by atoms with Crippen molar-refractivity contribution in [3.8, 4) is 0 Å². The van der Waals surface area contributed by atoms with E-state index < -0.39 is 17.9 Å². The van der Waals surface area contributed by atoms with Crippen LogP contribution in [-0.4, -0.2) is 38.8 Å². The van der Waals surface area contributed by atoms with Crippen molar-refractivity contribution >= 4 is 17.7 Å². The summed E-state index contributed by atoms with van der Waals surface area (Å²) in [6.45, 7) is 4.03. The van der Waals surface area contributed by atoms with Crippen LogP contribution in [0, 0.1) is 11.8 Å². The summed E-state index contributed by atoms with van der Waals surface area (Å²) in [7, 11) is 0. The summed E-state index contributed by atoms with van der Waals surface area (Å²) in [6.07, 6.45) is 8.01. The maximum Gasteiger partial charge on any atom is 0.327 e. The minimum Gasteiger partial charge on any atom is -0.478 e. The Morgan fingerprint density at radius 2 is 1.87 bits per heavy atom. The van der Waals surface area contributed by atoms with E-state index in [1.54, 1.807) is 6.08 Å². The molecule has 0 aliphatic rings. The average Bonchev–Trinajstić information content (AvgIpc) is 2.72. The second kappa shape index (κ2) is 11.6. The minimum atomic E-state index is -1.05. The van der Waals surface area contributed by atoms with Crippen LogP contribution in [0.5, 0.6) is 0 Å². The molecule has 0 bridgehead atoms. The number of carbonyl (C=O) groups is 3. The maximum absolute atomic E-state index is 13.1. The van der Waals surface area contributed by atoms with Crippen LogP contribution >= 0.6 is 0 Å². The molecular weight excluding hydrogens is 382 g/mol. The van der Waals surface area contributed by atoms with Gasteiger partial charge >= 0.3 is 5.97 Å². The number of carboxylic acid groups (broad SMARTS) is 1. The van der Waals surface area contributed by atoms with E-state index in [1.165, 1.54) is 18.6 Å². The molecule has 1 amide bonds.